The smallest absolute Gasteiger partial charge is 0.266 e. The van der Waals surface area contributed by atoms with E-state index in [4.69, 9.17) is 16.3 Å². The Balaban J connectivity index is 1.74. The molecular formula is C24H18BrClN2O2. The molecule has 0 unspecified atom stereocenters. The Hall–Kier alpha value is -3.07. The summed E-state index contributed by atoms with van der Waals surface area (Å²) in [6, 6.07) is 22.4. The van der Waals surface area contributed by atoms with Crippen LogP contribution in [-0.2, 0) is 11.4 Å². The van der Waals surface area contributed by atoms with E-state index in [1.54, 1.807) is 24.3 Å². The Morgan fingerprint density at radius 2 is 1.90 bits per heavy atom. The fourth-order valence-corrected chi connectivity index (χ4v) is 3.26. The van der Waals surface area contributed by atoms with Crippen molar-refractivity contribution >= 4 is 45.2 Å². The second kappa shape index (κ2) is 10.1. The Labute approximate surface area is 188 Å². The Morgan fingerprint density at radius 1 is 1.17 bits per heavy atom. The molecule has 3 aromatic rings. The fourth-order valence-electron chi connectivity index (χ4n) is 2.73. The molecule has 4 nitrogen and oxygen atoms in total. The van der Waals surface area contributed by atoms with Crippen molar-refractivity contribution < 1.29 is 9.53 Å². The Bertz CT molecular complexity index is 1110. The second-order valence-corrected chi connectivity index (χ2v) is 7.87. The summed E-state index contributed by atoms with van der Waals surface area (Å²) < 4.78 is 6.84. The number of rotatable bonds is 6. The van der Waals surface area contributed by atoms with E-state index in [1.807, 2.05) is 55.5 Å². The lowest BCUT2D eigenvalue weighted by Gasteiger charge is -2.10. The normalized spacial score (nSPS) is 10.9. The van der Waals surface area contributed by atoms with E-state index in [-0.39, 0.29) is 5.57 Å². The number of para-hydroxylation sites is 1. The molecule has 30 heavy (non-hydrogen) atoms. The van der Waals surface area contributed by atoms with E-state index in [0.29, 0.717) is 28.6 Å². The molecule has 0 spiro atoms. The highest BCUT2D eigenvalue weighted by Crippen LogP contribution is 2.26. The number of nitrogens with zero attached hydrogens (tertiary/aromatic N) is 1. The zero-order valence-electron chi connectivity index (χ0n) is 16.2. The first kappa shape index (κ1) is 21.6. The Morgan fingerprint density at radius 3 is 2.60 bits per heavy atom. The summed E-state index contributed by atoms with van der Waals surface area (Å²) in [6.45, 7) is 2.25. The molecule has 0 fully saturated rings. The van der Waals surface area contributed by atoms with Gasteiger partial charge in [0, 0.05) is 4.47 Å². The zero-order chi connectivity index (χ0) is 21.5. The molecule has 0 atom stereocenters. The monoisotopic (exact) mass is 480 g/mol. The van der Waals surface area contributed by atoms with Crippen LogP contribution >= 0.6 is 27.5 Å². The molecule has 3 rings (SSSR count). The SMILES string of the molecule is Cc1cccc(Cl)c1NC(=O)/C(C#N)=C/c1cccc(OCc2ccc(Br)cc2)c1. The van der Waals surface area contributed by atoms with Crippen LogP contribution in [0, 0.1) is 18.3 Å². The van der Waals surface area contributed by atoms with Gasteiger partial charge in [-0.25, -0.2) is 0 Å². The molecular weight excluding hydrogens is 464 g/mol. The molecule has 0 radical (unpaired) electrons. The molecule has 6 heteroatoms. The lowest BCUT2D eigenvalue weighted by Crippen LogP contribution is -2.14. The quantitative estimate of drug-likeness (QED) is 0.321. The van der Waals surface area contributed by atoms with Gasteiger partial charge in [-0.2, -0.15) is 5.26 Å². The number of amides is 1. The largest absolute Gasteiger partial charge is 0.489 e. The van der Waals surface area contributed by atoms with Crippen LogP contribution in [-0.4, -0.2) is 5.91 Å². The van der Waals surface area contributed by atoms with Crippen LogP contribution in [0.15, 0.2) is 76.8 Å². The van der Waals surface area contributed by atoms with Crippen molar-refractivity contribution in [3.8, 4) is 11.8 Å². The predicted molar refractivity (Wildman–Crippen MR) is 123 cm³/mol. The number of aryl methyl sites for hydroxylation is 1. The van der Waals surface area contributed by atoms with E-state index < -0.39 is 5.91 Å². The van der Waals surface area contributed by atoms with E-state index in [1.165, 1.54) is 6.08 Å². The third-order valence-electron chi connectivity index (χ3n) is 4.31. The predicted octanol–water partition coefficient (Wildman–Crippen LogP) is 6.54. The van der Waals surface area contributed by atoms with Crippen molar-refractivity contribution in [1.29, 1.82) is 5.26 Å². The summed E-state index contributed by atoms with van der Waals surface area (Å²) in [6.07, 6.45) is 1.52. The van der Waals surface area contributed by atoms with Crippen LogP contribution in [0.25, 0.3) is 6.08 Å². The average Bonchev–Trinajstić information content (AvgIpc) is 2.74. The molecule has 3 aromatic carbocycles. The van der Waals surface area contributed by atoms with Gasteiger partial charge in [-0.15, -0.1) is 0 Å². The minimum Gasteiger partial charge on any atom is -0.489 e. The van der Waals surface area contributed by atoms with Gasteiger partial charge in [0.2, 0.25) is 0 Å². The van der Waals surface area contributed by atoms with Crippen molar-refractivity contribution in [2.24, 2.45) is 0 Å². The van der Waals surface area contributed by atoms with Gasteiger partial charge in [0.1, 0.15) is 24.0 Å². The molecule has 150 valence electrons. The van der Waals surface area contributed by atoms with Crippen molar-refractivity contribution in [2.45, 2.75) is 13.5 Å². The van der Waals surface area contributed by atoms with Crippen molar-refractivity contribution in [3.05, 3.63) is 98.5 Å². The number of carbonyl (C=O) groups is 1. The molecule has 0 aliphatic heterocycles. The number of nitriles is 1. The first-order chi connectivity index (χ1) is 14.5. The number of halogens is 2. The molecule has 0 bridgehead atoms. The van der Waals surface area contributed by atoms with Crippen molar-refractivity contribution in [1.82, 2.24) is 0 Å². The summed E-state index contributed by atoms with van der Waals surface area (Å²) in [4.78, 5) is 12.6. The number of hydrogen-bond donors (Lipinski definition) is 1. The minimum absolute atomic E-state index is 0.0284. The summed E-state index contributed by atoms with van der Waals surface area (Å²) in [5.41, 5.74) is 3.00. The van der Waals surface area contributed by atoms with Crippen LogP contribution in [0.4, 0.5) is 5.69 Å². The van der Waals surface area contributed by atoms with Crippen LogP contribution in [0.5, 0.6) is 5.75 Å². The molecule has 0 saturated carbocycles. The molecule has 0 heterocycles. The first-order valence-corrected chi connectivity index (χ1v) is 10.3. The van der Waals surface area contributed by atoms with Gasteiger partial charge in [0.25, 0.3) is 5.91 Å². The summed E-state index contributed by atoms with van der Waals surface area (Å²) >= 11 is 9.57. The molecule has 0 saturated heterocycles. The van der Waals surface area contributed by atoms with E-state index >= 15 is 0 Å². The summed E-state index contributed by atoms with van der Waals surface area (Å²) in [5, 5.41) is 12.6. The van der Waals surface area contributed by atoms with Crippen molar-refractivity contribution in [2.75, 3.05) is 5.32 Å². The molecule has 0 aliphatic rings. The van der Waals surface area contributed by atoms with Crippen LogP contribution < -0.4 is 10.1 Å². The number of nitrogens with one attached hydrogen (secondary N) is 1. The molecule has 1 N–H and O–H groups in total. The maximum Gasteiger partial charge on any atom is 0.266 e. The highest BCUT2D eigenvalue weighted by molar-refractivity contribution is 9.10. The van der Waals surface area contributed by atoms with Gasteiger partial charge in [-0.3, -0.25) is 4.79 Å². The lowest BCUT2D eigenvalue weighted by molar-refractivity contribution is -0.112. The third kappa shape index (κ3) is 5.73. The fraction of sp³-hybridized carbons (Fsp3) is 0.0833. The number of carbonyl (C=O) groups excluding carboxylic acids is 1. The molecule has 1 amide bonds. The second-order valence-electron chi connectivity index (χ2n) is 6.54. The van der Waals surface area contributed by atoms with Crippen LogP contribution in [0.2, 0.25) is 5.02 Å². The topological polar surface area (TPSA) is 62.1 Å². The van der Waals surface area contributed by atoms with Gasteiger partial charge in [-0.05, 0) is 60.0 Å². The van der Waals surface area contributed by atoms with Crippen molar-refractivity contribution in [3.63, 3.8) is 0 Å². The lowest BCUT2D eigenvalue weighted by atomic mass is 10.1. The van der Waals surface area contributed by atoms with Gasteiger partial charge < -0.3 is 10.1 Å². The van der Waals surface area contributed by atoms with Gasteiger partial charge >= 0.3 is 0 Å². The number of hydrogen-bond acceptors (Lipinski definition) is 3. The average molecular weight is 482 g/mol. The van der Waals surface area contributed by atoms with Gasteiger partial charge in [-0.1, -0.05) is 63.9 Å². The maximum atomic E-state index is 12.6. The zero-order valence-corrected chi connectivity index (χ0v) is 18.5. The first-order valence-electron chi connectivity index (χ1n) is 9.12. The van der Waals surface area contributed by atoms with Gasteiger partial charge in [0.05, 0.1) is 10.7 Å². The Kier molecular flexibility index (Phi) is 7.29. The van der Waals surface area contributed by atoms with E-state index in [2.05, 4.69) is 21.2 Å². The van der Waals surface area contributed by atoms with Crippen LogP contribution in [0.1, 0.15) is 16.7 Å². The standard InChI is InChI=1S/C24H18BrClN2O2/c1-16-4-2-7-22(26)23(16)28-24(29)19(14-27)12-18-5-3-6-21(13-18)30-15-17-8-10-20(25)11-9-17/h2-13H,15H2,1H3,(H,28,29)/b19-12+. The number of anilines is 1. The minimum atomic E-state index is -0.519. The number of ether oxygens (including phenoxy) is 1. The number of benzene rings is 3. The summed E-state index contributed by atoms with van der Waals surface area (Å²) in [5.74, 6) is 0.126. The van der Waals surface area contributed by atoms with E-state index in [9.17, 15) is 10.1 Å². The molecule has 0 aliphatic carbocycles. The summed E-state index contributed by atoms with van der Waals surface area (Å²) in [7, 11) is 0. The maximum absolute atomic E-state index is 12.6. The highest BCUT2D eigenvalue weighted by atomic mass is 79.9. The van der Waals surface area contributed by atoms with Gasteiger partial charge in [0.15, 0.2) is 0 Å². The molecule has 0 aromatic heterocycles. The van der Waals surface area contributed by atoms with E-state index in [0.717, 1.165) is 15.6 Å². The highest BCUT2D eigenvalue weighted by Gasteiger charge is 2.13. The third-order valence-corrected chi connectivity index (χ3v) is 5.16. The van der Waals surface area contributed by atoms with Crippen LogP contribution in [0.3, 0.4) is 0 Å².